The Kier molecular flexibility index (Phi) is 18.7. The van der Waals surface area contributed by atoms with Crippen LogP contribution in [0.4, 0.5) is 4.79 Å². The predicted molar refractivity (Wildman–Crippen MR) is 17.6 cm³/mol. The smallest absolute Gasteiger partial charge is 0.672 e. The maximum Gasteiger partial charge on any atom is 2.00 e. The van der Waals surface area contributed by atoms with Crippen molar-refractivity contribution in [3.63, 3.8) is 0 Å². The summed E-state index contributed by atoms with van der Waals surface area (Å²) in [4.78, 5) is 25.4. The van der Waals surface area contributed by atoms with Crippen LogP contribution in [0.2, 0.25) is 0 Å². The average molecular weight is 160 g/mol. The van der Waals surface area contributed by atoms with E-state index in [4.69, 9.17) is 29.1 Å². The van der Waals surface area contributed by atoms with Gasteiger partial charge in [-0.25, -0.2) is 0 Å². The Labute approximate surface area is 67.8 Å². The summed E-state index contributed by atoms with van der Waals surface area (Å²) >= 11 is 0. The fourth-order valence-corrected chi connectivity index (χ4v) is 0. The van der Waals surface area contributed by atoms with Crippen molar-refractivity contribution in [3.05, 3.63) is 0 Å². The van der Waals surface area contributed by atoms with E-state index in [1.807, 2.05) is 0 Å². The van der Waals surface area contributed by atoms with E-state index in [1.54, 1.807) is 0 Å². The molecule has 0 aromatic heterocycles. The molecule has 0 aliphatic carbocycles. The molecule has 9 heavy (non-hydrogen) atoms. The zero-order valence-electron chi connectivity index (χ0n) is 4.16. The summed E-state index contributed by atoms with van der Waals surface area (Å²) in [6.07, 6.45) is -2.33. The second-order valence-electron chi connectivity index (χ2n) is 0.500. The van der Waals surface area contributed by atoms with Gasteiger partial charge in [-0.05, 0) is 6.16 Å². The SMILES string of the molecule is O=C([O-])[O-].O=[Si]([O-])[O-].[Mg+2]. The molecule has 0 saturated carbocycles. The number of hydrogen-bond donors (Lipinski definition) is 0. The molecule has 0 aliphatic heterocycles. The van der Waals surface area contributed by atoms with Gasteiger partial charge in [-0.1, -0.05) is 0 Å². The first-order valence-corrected chi connectivity index (χ1v) is 2.45. The van der Waals surface area contributed by atoms with Gasteiger partial charge in [0.05, 0.1) is 0 Å². The van der Waals surface area contributed by atoms with E-state index in [0.717, 1.165) is 0 Å². The van der Waals surface area contributed by atoms with Gasteiger partial charge in [-0.2, -0.15) is 0 Å². The van der Waals surface area contributed by atoms with Gasteiger partial charge in [0.2, 0.25) is 0 Å². The van der Waals surface area contributed by atoms with Gasteiger partial charge < -0.3 is 29.1 Å². The second-order valence-corrected chi connectivity index (χ2v) is 1.00. The van der Waals surface area contributed by atoms with Crippen LogP contribution in [0.5, 0.6) is 0 Å². The monoisotopic (exact) mass is 160 g/mol. The van der Waals surface area contributed by atoms with Crippen molar-refractivity contribution >= 4 is 38.4 Å². The molecule has 0 spiro atoms. The first-order valence-electron chi connectivity index (χ1n) is 1.22. The molecule has 0 saturated heterocycles. The maximum absolute atomic E-state index is 8.52. The summed E-state index contributed by atoms with van der Waals surface area (Å²) in [6, 6.07) is 0. The molecule has 8 heteroatoms. The van der Waals surface area contributed by atoms with E-state index in [1.165, 1.54) is 0 Å². The predicted octanol–water partition coefficient (Wildman–Crippen LogP) is -5.71. The second kappa shape index (κ2) is 10.6. The van der Waals surface area contributed by atoms with Gasteiger partial charge in [0.25, 0.3) is 0 Å². The molecule has 0 fully saturated rings. The van der Waals surface area contributed by atoms with E-state index < -0.39 is 15.3 Å². The van der Waals surface area contributed by atoms with Crippen molar-refractivity contribution in [1.29, 1.82) is 0 Å². The molecule has 0 amide bonds. The summed E-state index contributed by atoms with van der Waals surface area (Å²) in [5, 5.41) is 16.7. The molecule has 0 atom stereocenters. The van der Waals surface area contributed by atoms with Crippen LogP contribution in [0.15, 0.2) is 0 Å². The number of carbonyl (C=O) groups is 1. The van der Waals surface area contributed by atoms with Gasteiger partial charge in [-0.15, -0.1) is 0 Å². The molecule has 0 aliphatic rings. The molecule has 0 unspecified atom stereocenters. The summed E-state index contributed by atoms with van der Waals surface area (Å²) < 4.78 is 8.52. The van der Waals surface area contributed by atoms with Crippen LogP contribution in [-0.4, -0.2) is 38.4 Å². The largest absolute Gasteiger partial charge is 2.00 e. The quantitative estimate of drug-likeness (QED) is 0.325. The summed E-state index contributed by atoms with van der Waals surface area (Å²) in [6.45, 7) is 0. The van der Waals surface area contributed by atoms with E-state index in [2.05, 4.69) is 0 Å². The van der Waals surface area contributed by atoms with Crippen molar-refractivity contribution < 1.29 is 29.1 Å². The summed E-state index contributed by atoms with van der Waals surface area (Å²) in [5.74, 6) is 0. The van der Waals surface area contributed by atoms with E-state index in [-0.39, 0.29) is 23.1 Å². The first-order chi connectivity index (χ1) is 3.46. The zero-order valence-corrected chi connectivity index (χ0v) is 6.57. The molecular weight excluding hydrogens is 160 g/mol. The minimum Gasteiger partial charge on any atom is -0.672 e. The van der Waals surface area contributed by atoms with Gasteiger partial charge in [0.1, 0.15) is 0 Å². The molecule has 0 bridgehead atoms. The Morgan fingerprint density at radius 2 is 1.22 bits per heavy atom. The van der Waals surface area contributed by atoms with Gasteiger partial charge in [0, 0.05) is 9.17 Å². The van der Waals surface area contributed by atoms with E-state index >= 15 is 0 Å². The van der Waals surface area contributed by atoms with Crippen LogP contribution >= 0.6 is 0 Å². The molecule has 0 aromatic rings. The molecule has 6 nitrogen and oxygen atoms in total. The fourth-order valence-electron chi connectivity index (χ4n) is 0. The van der Waals surface area contributed by atoms with E-state index in [9.17, 15) is 0 Å². The Hall–Kier alpha value is -0.347. The molecule has 48 valence electrons. The van der Waals surface area contributed by atoms with Crippen molar-refractivity contribution in [3.8, 4) is 0 Å². The number of hydrogen-bond acceptors (Lipinski definition) is 6. The Morgan fingerprint density at radius 3 is 1.22 bits per heavy atom. The van der Waals surface area contributed by atoms with E-state index in [0.29, 0.717) is 0 Å². The molecule has 0 radical (unpaired) electrons. The van der Waals surface area contributed by atoms with Crippen LogP contribution in [-0.2, 0) is 4.46 Å². The summed E-state index contributed by atoms with van der Waals surface area (Å²) in [5.41, 5.74) is 0. The number of rotatable bonds is 0. The van der Waals surface area contributed by atoms with Crippen LogP contribution in [0.3, 0.4) is 0 Å². The molecule has 0 heterocycles. The minimum atomic E-state index is -3.63. The van der Waals surface area contributed by atoms with Crippen LogP contribution in [0, 0.1) is 0 Å². The van der Waals surface area contributed by atoms with Crippen molar-refractivity contribution in [2.75, 3.05) is 0 Å². The average Bonchev–Trinajstić information content (AvgIpc) is 1.25. The third-order valence-electron chi connectivity index (χ3n) is 0. The van der Waals surface area contributed by atoms with Crippen molar-refractivity contribution in [1.82, 2.24) is 0 Å². The normalized spacial score (nSPS) is 5.33. The summed E-state index contributed by atoms with van der Waals surface area (Å²) in [7, 11) is -3.63. The third-order valence-corrected chi connectivity index (χ3v) is 0. The standard InChI is InChI=1S/CH2O3.Mg.O3Si/c2-1(3)4;;1-4(2)3/h(H2,2,3,4);;/q;+2;-2/p-2. The van der Waals surface area contributed by atoms with Crippen LogP contribution in [0.25, 0.3) is 0 Å². The molecule has 0 rings (SSSR count). The molecular formula is CMgO6Si-2. The van der Waals surface area contributed by atoms with Crippen LogP contribution in [0.1, 0.15) is 0 Å². The third kappa shape index (κ3) is 2030. The molecule has 0 N–H and O–H groups in total. The fraction of sp³-hybridized carbons (Fsp3) is 0. The Morgan fingerprint density at radius 1 is 1.22 bits per heavy atom. The van der Waals surface area contributed by atoms with Crippen molar-refractivity contribution in [2.45, 2.75) is 0 Å². The van der Waals surface area contributed by atoms with Gasteiger partial charge >= 0.3 is 23.1 Å². The minimum absolute atomic E-state index is 0. The number of carbonyl (C=O) groups excluding carboxylic acids is 1. The Bertz CT molecular complexity index is 71.1. The first kappa shape index (κ1) is 15.9. The van der Waals surface area contributed by atoms with Crippen molar-refractivity contribution in [2.24, 2.45) is 0 Å². The topological polar surface area (TPSA) is 126 Å². The zero-order chi connectivity index (χ0) is 7.15. The van der Waals surface area contributed by atoms with Gasteiger partial charge in [-0.3, -0.25) is 0 Å². The Balaban J connectivity index is -0.0000000720. The van der Waals surface area contributed by atoms with Gasteiger partial charge in [0.15, 0.2) is 0 Å². The molecule has 0 aromatic carbocycles. The number of carboxylic acid groups (broad SMARTS) is 2. The van der Waals surface area contributed by atoms with Crippen LogP contribution < -0.4 is 19.8 Å². The maximum atomic E-state index is 8.52.